The maximum Gasteiger partial charge on any atom is 0.279 e. The second kappa shape index (κ2) is 5.47. The van der Waals surface area contributed by atoms with Gasteiger partial charge in [0.15, 0.2) is 0 Å². The Morgan fingerprint density at radius 1 is 0.875 bits per heavy atom. The number of nitrogens with one attached hydrogen (secondary N) is 1. The van der Waals surface area contributed by atoms with E-state index in [0.29, 0.717) is 13.1 Å². The van der Waals surface area contributed by atoms with Crippen molar-refractivity contribution in [3.05, 3.63) is 0 Å². The van der Waals surface area contributed by atoms with Crippen LogP contribution >= 0.6 is 0 Å². The monoisotopic (exact) mass is 246 g/mol. The van der Waals surface area contributed by atoms with Gasteiger partial charge in [-0.25, -0.2) is 0 Å². The first-order valence-electron chi connectivity index (χ1n) is 6.46. The highest BCUT2D eigenvalue weighted by atomic mass is 32.2. The van der Waals surface area contributed by atoms with Gasteiger partial charge in [-0.05, 0) is 25.7 Å². The third kappa shape index (κ3) is 3.18. The van der Waals surface area contributed by atoms with Gasteiger partial charge in [0.05, 0.1) is 0 Å². The van der Waals surface area contributed by atoms with Crippen LogP contribution in [-0.2, 0) is 10.2 Å². The largest absolute Gasteiger partial charge is 0.279 e. The molecule has 2 rings (SSSR count). The predicted molar refractivity (Wildman–Crippen MR) is 64.4 cm³/mol. The summed E-state index contributed by atoms with van der Waals surface area (Å²) < 4.78 is 28.6. The van der Waals surface area contributed by atoms with E-state index in [9.17, 15) is 8.42 Å². The molecular formula is C11H22N2O2S. The van der Waals surface area contributed by atoms with E-state index in [0.717, 1.165) is 44.9 Å². The van der Waals surface area contributed by atoms with Crippen molar-refractivity contribution < 1.29 is 8.42 Å². The maximum absolute atomic E-state index is 12.1. The topological polar surface area (TPSA) is 49.4 Å². The summed E-state index contributed by atoms with van der Waals surface area (Å²) in [7, 11) is -3.20. The summed E-state index contributed by atoms with van der Waals surface area (Å²) in [5.41, 5.74) is 0. The Bertz CT molecular complexity index is 304. The van der Waals surface area contributed by atoms with Crippen LogP contribution in [-0.4, -0.2) is 31.9 Å². The Morgan fingerprint density at radius 2 is 1.44 bits per heavy atom. The maximum atomic E-state index is 12.1. The van der Waals surface area contributed by atoms with Gasteiger partial charge in [0, 0.05) is 19.1 Å². The van der Waals surface area contributed by atoms with Crippen molar-refractivity contribution in [3.63, 3.8) is 0 Å². The van der Waals surface area contributed by atoms with Crippen LogP contribution in [0.1, 0.15) is 51.4 Å². The van der Waals surface area contributed by atoms with Gasteiger partial charge < -0.3 is 0 Å². The highest BCUT2D eigenvalue weighted by Gasteiger charge is 2.27. The van der Waals surface area contributed by atoms with Crippen LogP contribution in [0, 0.1) is 0 Å². The highest BCUT2D eigenvalue weighted by molar-refractivity contribution is 7.87. The fourth-order valence-corrected chi connectivity index (χ4v) is 4.16. The summed E-state index contributed by atoms with van der Waals surface area (Å²) in [6, 6.07) is 0.181. The van der Waals surface area contributed by atoms with Gasteiger partial charge in [0.25, 0.3) is 10.2 Å². The molecule has 94 valence electrons. The van der Waals surface area contributed by atoms with Gasteiger partial charge in [0.1, 0.15) is 0 Å². The average molecular weight is 246 g/mol. The first-order chi connectivity index (χ1) is 7.68. The fourth-order valence-electron chi connectivity index (χ4n) is 2.61. The third-order valence-electron chi connectivity index (χ3n) is 3.58. The molecule has 2 fully saturated rings. The van der Waals surface area contributed by atoms with Gasteiger partial charge >= 0.3 is 0 Å². The molecule has 0 spiro atoms. The molecule has 1 N–H and O–H groups in total. The van der Waals surface area contributed by atoms with Crippen molar-refractivity contribution in [2.75, 3.05) is 13.1 Å². The molecule has 1 saturated heterocycles. The molecule has 1 aliphatic heterocycles. The second-order valence-corrected chi connectivity index (χ2v) is 6.62. The van der Waals surface area contributed by atoms with Gasteiger partial charge in [-0.1, -0.05) is 25.7 Å². The van der Waals surface area contributed by atoms with E-state index < -0.39 is 10.2 Å². The average Bonchev–Trinajstić information content (AvgIpc) is 2.31. The molecule has 2 aliphatic rings. The highest BCUT2D eigenvalue weighted by Crippen LogP contribution is 2.19. The minimum Gasteiger partial charge on any atom is -0.199 e. The molecular weight excluding hydrogens is 224 g/mol. The van der Waals surface area contributed by atoms with Gasteiger partial charge in [-0.3, -0.25) is 0 Å². The van der Waals surface area contributed by atoms with Gasteiger partial charge in [-0.15, -0.1) is 0 Å². The molecule has 5 heteroatoms. The summed E-state index contributed by atoms with van der Waals surface area (Å²) in [4.78, 5) is 0. The van der Waals surface area contributed by atoms with E-state index in [1.54, 1.807) is 4.31 Å². The number of piperidine rings is 1. The van der Waals surface area contributed by atoms with Crippen molar-refractivity contribution in [1.82, 2.24) is 9.03 Å². The molecule has 0 aromatic rings. The lowest BCUT2D eigenvalue weighted by Crippen LogP contribution is -2.47. The zero-order chi connectivity index (χ0) is 11.4. The summed E-state index contributed by atoms with van der Waals surface area (Å²) in [6.07, 6.45) is 8.76. The van der Waals surface area contributed by atoms with E-state index in [1.807, 2.05) is 0 Å². The van der Waals surface area contributed by atoms with E-state index in [1.165, 1.54) is 6.42 Å². The summed E-state index contributed by atoms with van der Waals surface area (Å²) in [5, 5.41) is 0. The Balaban J connectivity index is 1.90. The van der Waals surface area contributed by atoms with Crippen molar-refractivity contribution in [2.45, 2.75) is 57.4 Å². The summed E-state index contributed by atoms with van der Waals surface area (Å²) in [6.45, 7) is 1.39. The molecule has 0 unspecified atom stereocenters. The summed E-state index contributed by atoms with van der Waals surface area (Å²) in [5.74, 6) is 0. The quantitative estimate of drug-likeness (QED) is 0.823. The fraction of sp³-hybridized carbons (Fsp3) is 1.00. The van der Waals surface area contributed by atoms with Crippen molar-refractivity contribution >= 4 is 10.2 Å². The van der Waals surface area contributed by atoms with Crippen molar-refractivity contribution in [3.8, 4) is 0 Å². The van der Waals surface area contributed by atoms with Crippen LogP contribution in [0.5, 0.6) is 0 Å². The molecule has 1 saturated carbocycles. The third-order valence-corrected chi connectivity index (χ3v) is 5.25. The molecule has 4 nitrogen and oxygen atoms in total. The van der Waals surface area contributed by atoms with Gasteiger partial charge in [-0.2, -0.15) is 17.4 Å². The second-order valence-electron chi connectivity index (χ2n) is 4.92. The normalized spacial score (nSPS) is 25.8. The smallest absolute Gasteiger partial charge is 0.199 e. The number of hydrogen-bond donors (Lipinski definition) is 1. The van der Waals surface area contributed by atoms with Crippen LogP contribution in [0.25, 0.3) is 0 Å². The minimum atomic E-state index is -3.20. The minimum absolute atomic E-state index is 0.181. The first-order valence-corrected chi connectivity index (χ1v) is 7.90. The zero-order valence-corrected chi connectivity index (χ0v) is 10.6. The molecule has 1 heterocycles. The predicted octanol–water partition coefficient (Wildman–Crippen LogP) is 1.64. The Hall–Kier alpha value is -0.130. The molecule has 0 aromatic carbocycles. The molecule has 0 aromatic heterocycles. The lowest BCUT2D eigenvalue weighted by molar-refractivity contribution is 0.330. The van der Waals surface area contributed by atoms with Crippen LogP contribution < -0.4 is 4.72 Å². The molecule has 1 aliphatic carbocycles. The summed E-state index contributed by atoms with van der Waals surface area (Å²) >= 11 is 0. The van der Waals surface area contributed by atoms with E-state index >= 15 is 0 Å². The molecule has 16 heavy (non-hydrogen) atoms. The number of hydrogen-bond acceptors (Lipinski definition) is 2. The molecule has 0 amide bonds. The van der Waals surface area contributed by atoms with Crippen molar-refractivity contribution in [2.24, 2.45) is 0 Å². The van der Waals surface area contributed by atoms with Crippen LogP contribution in [0.2, 0.25) is 0 Å². The van der Waals surface area contributed by atoms with Crippen molar-refractivity contribution in [1.29, 1.82) is 0 Å². The lowest BCUT2D eigenvalue weighted by atomic mass is 9.96. The molecule has 0 bridgehead atoms. The lowest BCUT2D eigenvalue weighted by Gasteiger charge is -2.29. The van der Waals surface area contributed by atoms with Crippen LogP contribution in [0.3, 0.4) is 0 Å². The zero-order valence-electron chi connectivity index (χ0n) is 9.82. The van der Waals surface area contributed by atoms with E-state index in [-0.39, 0.29) is 6.04 Å². The standard InChI is InChI=1S/C11H22N2O2S/c14-16(15,13-9-5-2-6-10-13)12-11-7-3-1-4-8-11/h11-12H,1-10H2. The van der Waals surface area contributed by atoms with E-state index in [2.05, 4.69) is 4.72 Å². The Labute approximate surface area is 98.6 Å². The molecule has 0 atom stereocenters. The van der Waals surface area contributed by atoms with E-state index in [4.69, 9.17) is 0 Å². The number of nitrogens with zero attached hydrogens (tertiary/aromatic N) is 1. The van der Waals surface area contributed by atoms with Crippen LogP contribution in [0.4, 0.5) is 0 Å². The SMILES string of the molecule is O=S(=O)(NC1CCCCC1)N1CCCCC1. The Kier molecular flexibility index (Phi) is 4.21. The Morgan fingerprint density at radius 3 is 2.06 bits per heavy atom. The van der Waals surface area contributed by atoms with Crippen LogP contribution in [0.15, 0.2) is 0 Å². The number of rotatable bonds is 3. The first kappa shape index (κ1) is 12.3. The molecule has 0 radical (unpaired) electrons. The van der Waals surface area contributed by atoms with Gasteiger partial charge in [0.2, 0.25) is 0 Å².